The van der Waals surface area contributed by atoms with E-state index in [9.17, 15) is 0 Å². The SMILES string of the molecule is Brc1ccc(OCCNCCCN2CCCC2)cc1. The monoisotopic (exact) mass is 326 g/mol. The summed E-state index contributed by atoms with van der Waals surface area (Å²) in [5.74, 6) is 0.932. The van der Waals surface area contributed by atoms with Crippen LogP contribution in [0.4, 0.5) is 0 Å². The summed E-state index contributed by atoms with van der Waals surface area (Å²) in [6, 6.07) is 7.96. The standard InChI is InChI=1S/C15H23BrN2O/c16-14-4-6-15(7-5-14)19-13-9-17-8-3-12-18-10-1-2-11-18/h4-7,17H,1-3,8-13H2. The second kappa shape index (κ2) is 8.56. The van der Waals surface area contributed by atoms with Crippen molar-refractivity contribution in [3.05, 3.63) is 28.7 Å². The molecule has 1 N–H and O–H groups in total. The molecule has 0 amide bonds. The van der Waals surface area contributed by atoms with E-state index < -0.39 is 0 Å². The first-order valence-electron chi connectivity index (χ1n) is 7.16. The number of benzene rings is 1. The zero-order chi connectivity index (χ0) is 13.3. The molecule has 2 rings (SSSR count). The van der Waals surface area contributed by atoms with Gasteiger partial charge in [-0.15, -0.1) is 0 Å². The van der Waals surface area contributed by atoms with Gasteiger partial charge < -0.3 is 15.0 Å². The van der Waals surface area contributed by atoms with Gasteiger partial charge in [-0.1, -0.05) is 15.9 Å². The number of likely N-dealkylation sites (tertiary alicyclic amines) is 1. The van der Waals surface area contributed by atoms with Crippen molar-refractivity contribution in [2.75, 3.05) is 39.3 Å². The van der Waals surface area contributed by atoms with E-state index in [1.807, 2.05) is 24.3 Å². The predicted molar refractivity (Wildman–Crippen MR) is 82.8 cm³/mol. The van der Waals surface area contributed by atoms with Crippen LogP contribution < -0.4 is 10.1 Å². The van der Waals surface area contributed by atoms with Crippen LogP contribution in [0.5, 0.6) is 5.75 Å². The van der Waals surface area contributed by atoms with Crippen molar-refractivity contribution < 1.29 is 4.74 Å². The third-order valence-electron chi connectivity index (χ3n) is 3.39. The maximum absolute atomic E-state index is 5.65. The molecule has 1 aromatic rings. The lowest BCUT2D eigenvalue weighted by atomic mass is 10.3. The molecule has 0 unspecified atom stereocenters. The van der Waals surface area contributed by atoms with Crippen molar-refractivity contribution in [2.24, 2.45) is 0 Å². The van der Waals surface area contributed by atoms with Gasteiger partial charge in [0.15, 0.2) is 0 Å². The Kier molecular flexibility index (Phi) is 6.68. The summed E-state index contributed by atoms with van der Waals surface area (Å²) < 4.78 is 6.73. The van der Waals surface area contributed by atoms with Crippen LogP contribution in [-0.4, -0.2) is 44.2 Å². The third kappa shape index (κ3) is 5.93. The molecular weight excluding hydrogens is 304 g/mol. The first kappa shape index (κ1) is 14.8. The summed E-state index contributed by atoms with van der Waals surface area (Å²) in [5, 5.41) is 3.43. The molecule has 0 aliphatic carbocycles. The van der Waals surface area contributed by atoms with Gasteiger partial charge >= 0.3 is 0 Å². The van der Waals surface area contributed by atoms with Gasteiger partial charge in [-0.25, -0.2) is 0 Å². The van der Waals surface area contributed by atoms with Gasteiger partial charge in [0.1, 0.15) is 12.4 Å². The lowest BCUT2D eigenvalue weighted by molar-refractivity contribution is 0.305. The molecule has 4 heteroatoms. The summed E-state index contributed by atoms with van der Waals surface area (Å²) in [5.41, 5.74) is 0. The minimum absolute atomic E-state index is 0.728. The normalized spacial score (nSPS) is 15.8. The van der Waals surface area contributed by atoms with Crippen LogP contribution >= 0.6 is 15.9 Å². The number of rotatable bonds is 8. The molecule has 0 atom stereocenters. The van der Waals surface area contributed by atoms with Crippen LogP contribution in [0.15, 0.2) is 28.7 Å². The number of ether oxygens (including phenoxy) is 1. The lowest BCUT2D eigenvalue weighted by Crippen LogP contribution is -2.27. The Morgan fingerprint density at radius 3 is 2.58 bits per heavy atom. The third-order valence-corrected chi connectivity index (χ3v) is 3.92. The molecule has 19 heavy (non-hydrogen) atoms. The summed E-state index contributed by atoms with van der Waals surface area (Å²) in [4.78, 5) is 2.56. The van der Waals surface area contributed by atoms with Gasteiger partial charge in [0.2, 0.25) is 0 Å². The molecule has 0 aromatic heterocycles. The first-order chi connectivity index (χ1) is 9.34. The fourth-order valence-electron chi connectivity index (χ4n) is 2.33. The van der Waals surface area contributed by atoms with Crippen molar-refractivity contribution >= 4 is 15.9 Å². The minimum Gasteiger partial charge on any atom is -0.492 e. The summed E-state index contributed by atoms with van der Waals surface area (Å²) in [7, 11) is 0. The van der Waals surface area contributed by atoms with Crippen molar-refractivity contribution in [1.29, 1.82) is 0 Å². The largest absolute Gasteiger partial charge is 0.492 e. The van der Waals surface area contributed by atoms with E-state index >= 15 is 0 Å². The molecule has 0 saturated carbocycles. The van der Waals surface area contributed by atoms with E-state index in [4.69, 9.17) is 4.74 Å². The van der Waals surface area contributed by atoms with Crippen LogP contribution in [0.2, 0.25) is 0 Å². The zero-order valence-corrected chi connectivity index (χ0v) is 13.0. The molecule has 0 radical (unpaired) electrons. The second-order valence-corrected chi connectivity index (χ2v) is 5.87. The number of halogens is 1. The number of hydrogen-bond acceptors (Lipinski definition) is 3. The van der Waals surface area contributed by atoms with Gasteiger partial charge in [-0.2, -0.15) is 0 Å². The van der Waals surface area contributed by atoms with Crippen LogP contribution in [0.25, 0.3) is 0 Å². The van der Waals surface area contributed by atoms with Crippen LogP contribution in [-0.2, 0) is 0 Å². The second-order valence-electron chi connectivity index (χ2n) is 4.95. The highest BCUT2D eigenvalue weighted by molar-refractivity contribution is 9.10. The first-order valence-corrected chi connectivity index (χ1v) is 7.95. The van der Waals surface area contributed by atoms with E-state index in [0.717, 1.165) is 29.9 Å². The topological polar surface area (TPSA) is 24.5 Å². The quantitative estimate of drug-likeness (QED) is 0.743. The van der Waals surface area contributed by atoms with Crippen LogP contribution in [0, 0.1) is 0 Å². The minimum atomic E-state index is 0.728. The fraction of sp³-hybridized carbons (Fsp3) is 0.600. The van der Waals surface area contributed by atoms with Crippen LogP contribution in [0.3, 0.4) is 0 Å². The van der Waals surface area contributed by atoms with E-state index in [0.29, 0.717) is 0 Å². The Hall–Kier alpha value is -0.580. The van der Waals surface area contributed by atoms with E-state index in [2.05, 4.69) is 26.1 Å². The van der Waals surface area contributed by atoms with Crippen molar-refractivity contribution in [3.63, 3.8) is 0 Å². The van der Waals surface area contributed by atoms with Gasteiger partial charge in [-0.05, 0) is 69.7 Å². The van der Waals surface area contributed by atoms with Crippen molar-refractivity contribution in [3.8, 4) is 5.75 Å². The maximum atomic E-state index is 5.65. The van der Waals surface area contributed by atoms with E-state index in [1.54, 1.807) is 0 Å². The van der Waals surface area contributed by atoms with Gasteiger partial charge in [0, 0.05) is 11.0 Å². The Morgan fingerprint density at radius 1 is 1.11 bits per heavy atom. The molecule has 1 aliphatic heterocycles. The molecule has 3 nitrogen and oxygen atoms in total. The summed E-state index contributed by atoms with van der Waals surface area (Å²) in [6.45, 7) is 6.56. The Balaban J connectivity index is 1.44. The maximum Gasteiger partial charge on any atom is 0.119 e. The molecule has 0 bridgehead atoms. The molecular formula is C15H23BrN2O. The van der Waals surface area contributed by atoms with Crippen molar-refractivity contribution in [2.45, 2.75) is 19.3 Å². The Bertz CT molecular complexity index is 350. The highest BCUT2D eigenvalue weighted by atomic mass is 79.9. The summed E-state index contributed by atoms with van der Waals surface area (Å²) >= 11 is 3.41. The van der Waals surface area contributed by atoms with Crippen molar-refractivity contribution in [1.82, 2.24) is 10.2 Å². The summed E-state index contributed by atoms with van der Waals surface area (Å²) in [6.07, 6.45) is 4.00. The zero-order valence-electron chi connectivity index (χ0n) is 11.4. The molecule has 1 fully saturated rings. The van der Waals surface area contributed by atoms with Gasteiger partial charge in [0.25, 0.3) is 0 Å². The number of nitrogens with one attached hydrogen (secondary N) is 1. The van der Waals surface area contributed by atoms with Gasteiger partial charge in [0.05, 0.1) is 0 Å². The number of nitrogens with zero attached hydrogens (tertiary/aromatic N) is 1. The molecule has 1 heterocycles. The van der Waals surface area contributed by atoms with E-state index in [1.165, 1.54) is 38.9 Å². The Labute approximate surface area is 124 Å². The highest BCUT2D eigenvalue weighted by Crippen LogP contribution is 2.15. The fourth-order valence-corrected chi connectivity index (χ4v) is 2.60. The number of hydrogen-bond donors (Lipinski definition) is 1. The average molecular weight is 327 g/mol. The average Bonchev–Trinajstić information content (AvgIpc) is 2.93. The molecule has 106 valence electrons. The predicted octanol–water partition coefficient (Wildman–Crippen LogP) is 2.90. The van der Waals surface area contributed by atoms with Crippen LogP contribution in [0.1, 0.15) is 19.3 Å². The lowest BCUT2D eigenvalue weighted by Gasteiger charge is -2.14. The molecule has 0 spiro atoms. The Morgan fingerprint density at radius 2 is 1.84 bits per heavy atom. The highest BCUT2D eigenvalue weighted by Gasteiger charge is 2.09. The van der Waals surface area contributed by atoms with E-state index in [-0.39, 0.29) is 0 Å². The molecule has 1 aliphatic rings. The molecule has 1 aromatic carbocycles. The molecule has 1 saturated heterocycles. The van der Waals surface area contributed by atoms with Gasteiger partial charge in [-0.3, -0.25) is 0 Å². The smallest absolute Gasteiger partial charge is 0.119 e.